The standard InChI is InChI=1S/C12H19NO3/c1-12(2,3)16-11(15)13-9-5-4-8(7-14)10(13)6-9/h7-10H,4-6H2,1-3H3. The van der Waals surface area contributed by atoms with Gasteiger partial charge in [0.2, 0.25) is 0 Å². The van der Waals surface area contributed by atoms with Crippen molar-refractivity contribution in [3.8, 4) is 0 Å². The van der Waals surface area contributed by atoms with E-state index in [0.29, 0.717) is 6.04 Å². The highest BCUT2D eigenvalue weighted by atomic mass is 16.6. The number of ether oxygens (including phenoxy) is 1. The van der Waals surface area contributed by atoms with E-state index < -0.39 is 5.60 Å². The van der Waals surface area contributed by atoms with Gasteiger partial charge in [-0.15, -0.1) is 0 Å². The van der Waals surface area contributed by atoms with Crippen LogP contribution in [0.5, 0.6) is 0 Å². The zero-order chi connectivity index (χ0) is 11.9. The molecule has 90 valence electrons. The maximum atomic E-state index is 11.9. The topological polar surface area (TPSA) is 46.6 Å². The third-order valence-electron chi connectivity index (χ3n) is 3.37. The van der Waals surface area contributed by atoms with Gasteiger partial charge in [-0.1, -0.05) is 0 Å². The van der Waals surface area contributed by atoms with Crippen molar-refractivity contribution in [2.75, 3.05) is 0 Å². The lowest BCUT2D eigenvalue weighted by Gasteiger charge is -2.54. The molecule has 3 rings (SSSR count). The Morgan fingerprint density at radius 1 is 1.38 bits per heavy atom. The highest BCUT2D eigenvalue weighted by Crippen LogP contribution is 2.41. The quantitative estimate of drug-likeness (QED) is 0.641. The molecule has 1 aliphatic carbocycles. The van der Waals surface area contributed by atoms with Gasteiger partial charge in [-0.3, -0.25) is 0 Å². The highest BCUT2D eigenvalue weighted by molar-refractivity contribution is 5.72. The first kappa shape index (κ1) is 11.4. The van der Waals surface area contributed by atoms with E-state index in [-0.39, 0.29) is 18.1 Å². The minimum Gasteiger partial charge on any atom is -0.444 e. The number of fused-ring (bicyclic) bond motifs is 2. The van der Waals surface area contributed by atoms with Gasteiger partial charge in [-0.2, -0.15) is 0 Å². The number of rotatable bonds is 1. The van der Waals surface area contributed by atoms with Gasteiger partial charge < -0.3 is 14.4 Å². The monoisotopic (exact) mass is 225 g/mol. The molecule has 4 nitrogen and oxygen atoms in total. The minimum absolute atomic E-state index is 0.0116. The van der Waals surface area contributed by atoms with Gasteiger partial charge in [0.15, 0.2) is 0 Å². The van der Waals surface area contributed by atoms with Crippen LogP contribution in [0, 0.1) is 5.92 Å². The molecular weight excluding hydrogens is 206 g/mol. The molecule has 0 aromatic rings. The van der Waals surface area contributed by atoms with Crippen LogP contribution < -0.4 is 0 Å². The SMILES string of the molecule is CC(C)(C)OC(=O)N1C2CCC(C=O)C1C2. The molecule has 0 aromatic carbocycles. The smallest absolute Gasteiger partial charge is 0.410 e. The Hall–Kier alpha value is -1.06. The largest absolute Gasteiger partial charge is 0.444 e. The normalized spacial score (nSPS) is 32.9. The van der Waals surface area contributed by atoms with Crippen LogP contribution in [0.1, 0.15) is 40.0 Å². The molecule has 0 aromatic heterocycles. The average molecular weight is 225 g/mol. The summed E-state index contributed by atoms with van der Waals surface area (Å²) in [4.78, 5) is 24.5. The van der Waals surface area contributed by atoms with Crippen LogP contribution in [0.3, 0.4) is 0 Å². The molecule has 2 aliphatic heterocycles. The Morgan fingerprint density at radius 3 is 2.56 bits per heavy atom. The van der Waals surface area contributed by atoms with Crippen LogP contribution >= 0.6 is 0 Å². The second kappa shape index (κ2) is 3.75. The Morgan fingerprint density at radius 2 is 2.06 bits per heavy atom. The number of piperidine rings is 1. The summed E-state index contributed by atoms with van der Waals surface area (Å²) in [7, 11) is 0. The zero-order valence-electron chi connectivity index (χ0n) is 10.1. The molecule has 1 saturated carbocycles. The van der Waals surface area contributed by atoms with E-state index >= 15 is 0 Å². The van der Waals surface area contributed by atoms with Crippen LogP contribution in [0.2, 0.25) is 0 Å². The first-order valence-corrected chi connectivity index (χ1v) is 5.89. The van der Waals surface area contributed by atoms with Crippen molar-refractivity contribution in [1.29, 1.82) is 0 Å². The van der Waals surface area contributed by atoms with E-state index in [1.807, 2.05) is 20.8 Å². The highest BCUT2D eigenvalue weighted by Gasteiger charge is 2.50. The average Bonchev–Trinajstić information content (AvgIpc) is 2.14. The molecule has 0 radical (unpaired) electrons. The Kier molecular flexibility index (Phi) is 2.68. The maximum Gasteiger partial charge on any atom is 0.410 e. The molecular formula is C12H19NO3. The molecule has 3 aliphatic rings. The second-order valence-corrected chi connectivity index (χ2v) is 5.72. The predicted molar refractivity (Wildman–Crippen MR) is 59.1 cm³/mol. The number of carbonyl (C=O) groups is 2. The first-order chi connectivity index (χ1) is 7.42. The lowest BCUT2D eigenvalue weighted by atomic mass is 9.73. The number of nitrogens with zero attached hydrogens (tertiary/aromatic N) is 1. The van der Waals surface area contributed by atoms with Gasteiger partial charge in [0.05, 0.1) is 0 Å². The van der Waals surface area contributed by atoms with Crippen LogP contribution in [0.25, 0.3) is 0 Å². The Balaban J connectivity index is 2.01. The number of hydrogen-bond donors (Lipinski definition) is 0. The van der Waals surface area contributed by atoms with Gasteiger partial charge in [0.25, 0.3) is 0 Å². The van der Waals surface area contributed by atoms with Crippen molar-refractivity contribution in [2.24, 2.45) is 5.92 Å². The van der Waals surface area contributed by atoms with E-state index in [9.17, 15) is 9.59 Å². The van der Waals surface area contributed by atoms with Crippen molar-refractivity contribution in [2.45, 2.75) is 57.7 Å². The van der Waals surface area contributed by atoms with Crippen molar-refractivity contribution >= 4 is 12.4 Å². The summed E-state index contributed by atoms with van der Waals surface area (Å²) in [6.45, 7) is 5.58. The van der Waals surface area contributed by atoms with Crippen molar-refractivity contribution < 1.29 is 14.3 Å². The maximum absolute atomic E-state index is 11.9. The van der Waals surface area contributed by atoms with Crippen LogP contribution in [-0.2, 0) is 9.53 Å². The van der Waals surface area contributed by atoms with Gasteiger partial charge in [-0.05, 0) is 40.0 Å². The van der Waals surface area contributed by atoms with Crippen molar-refractivity contribution in [3.63, 3.8) is 0 Å². The lowest BCUT2D eigenvalue weighted by molar-refractivity contribution is -0.122. The van der Waals surface area contributed by atoms with Gasteiger partial charge in [0, 0.05) is 18.0 Å². The molecule has 2 heterocycles. The fourth-order valence-corrected chi connectivity index (χ4v) is 2.61. The summed E-state index contributed by atoms with van der Waals surface area (Å²) < 4.78 is 5.34. The van der Waals surface area contributed by atoms with Gasteiger partial charge >= 0.3 is 6.09 Å². The Bertz CT molecular complexity index is 306. The van der Waals surface area contributed by atoms with Gasteiger partial charge in [0.1, 0.15) is 11.9 Å². The number of amides is 1. The third-order valence-corrected chi connectivity index (χ3v) is 3.37. The van der Waals surface area contributed by atoms with Crippen molar-refractivity contribution in [1.82, 2.24) is 4.90 Å². The molecule has 3 atom stereocenters. The van der Waals surface area contributed by atoms with Crippen LogP contribution in [0.4, 0.5) is 4.79 Å². The van der Waals surface area contributed by atoms with E-state index in [2.05, 4.69) is 0 Å². The molecule has 3 fully saturated rings. The predicted octanol–water partition coefficient (Wildman–Crippen LogP) is 1.97. The number of hydrogen-bond acceptors (Lipinski definition) is 3. The number of carbonyl (C=O) groups excluding carboxylic acids is 2. The molecule has 0 spiro atoms. The van der Waals surface area contributed by atoms with E-state index in [0.717, 1.165) is 25.5 Å². The molecule has 3 unspecified atom stereocenters. The van der Waals surface area contributed by atoms with Crippen molar-refractivity contribution in [3.05, 3.63) is 0 Å². The summed E-state index contributed by atoms with van der Waals surface area (Å²) in [6.07, 6.45) is 3.53. The molecule has 2 bridgehead atoms. The summed E-state index contributed by atoms with van der Waals surface area (Å²) in [5, 5.41) is 0. The third kappa shape index (κ3) is 1.93. The first-order valence-electron chi connectivity index (χ1n) is 5.89. The second-order valence-electron chi connectivity index (χ2n) is 5.72. The summed E-state index contributed by atoms with van der Waals surface area (Å²) in [6, 6.07) is 0.391. The van der Waals surface area contributed by atoms with E-state index in [1.54, 1.807) is 4.90 Å². The fourth-order valence-electron chi connectivity index (χ4n) is 2.61. The molecule has 1 amide bonds. The fraction of sp³-hybridized carbons (Fsp3) is 0.833. The molecule has 4 heteroatoms. The van der Waals surface area contributed by atoms with E-state index in [4.69, 9.17) is 4.74 Å². The lowest BCUT2D eigenvalue weighted by Crippen LogP contribution is -2.65. The van der Waals surface area contributed by atoms with Gasteiger partial charge in [-0.25, -0.2) is 4.79 Å². The summed E-state index contributed by atoms with van der Waals surface area (Å²) in [5.41, 5.74) is -0.461. The molecule has 2 saturated heterocycles. The molecule has 0 N–H and O–H groups in total. The Labute approximate surface area is 95.9 Å². The van der Waals surface area contributed by atoms with Crippen LogP contribution in [-0.4, -0.2) is 35.0 Å². The van der Waals surface area contributed by atoms with Crippen LogP contribution in [0.15, 0.2) is 0 Å². The van der Waals surface area contributed by atoms with E-state index in [1.165, 1.54) is 0 Å². The molecule has 16 heavy (non-hydrogen) atoms. The summed E-state index contributed by atoms with van der Waals surface area (Å²) in [5.74, 6) is 0.0116. The minimum atomic E-state index is -0.461. The zero-order valence-corrected chi connectivity index (χ0v) is 10.1. The number of aldehydes is 1. The summed E-state index contributed by atoms with van der Waals surface area (Å²) >= 11 is 0.